The van der Waals surface area contributed by atoms with Crippen molar-refractivity contribution in [3.05, 3.63) is 53.8 Å². The van der Waals surface area contributed by atoms with Crippen LogP contribution in [0.5, 0.6) is 5.75 Å². The van der Waals surface area contributed by atoms with Gasteiger partial charge < -0.3 is 19.8 Å². The first-order valence-corrected chi connectivity index (χ1v) is 8.80. The molecule has 2 atom stereocenters. The van der Waals surface area contributed by atoms with Gasteiger partial charge in [0.05, 0.1) is 24.8 Å². The van der Waals surface area contributed by atoms with E-state index in [1.54, 1.807) is 42.3 Å². The third kappa shape index (κ3) is 3.03. The zero-order valence-corrected chi connectivity index (χ0v) is 15.1. The molecule has 28 heavy (non-hydrogen) atoms. The minimum Gasteiger partial charge on any atom is -0.497 e. The van der Waals surface area contributed by atoms with Crippen LogP contribution in [-0.2, 0) is 0 Å². The molecule has 0 amide bonds. The van der Waals surface area contributed by atoms with Crippen molar-refractivity contribution in [1.82, 2.24) is 4.98 Å². The number of β-amino-alcohol motifs (C(OH)–C–C–N with tert-alkyl or cyclic N) is 2. The molecule has 2 N–H and O–H groups in total. The van der Waals surface area contributed by atoms with Crippen molar-refractivity contribution in [2.24, 2.45) is 0 Å². The molecular formula is C21H18FN3O3. The largest absolute Gasteiger partial charge is 0.497 e. The van der Waals surface area contributed by atoms with Gasteiger partial charge in [-0.05, 0) is 35.9 Å². The van der Waals surface area contributed by atoms with Gasteiger partial charge in [0.15, 0.2) is 0 Å². The second-order valence-electron chi connectivity index (χ2n) is 6.73. The van der Waals surface area contributed by atoms with Crippen molar-refractivity contribution in [3.63, 3.8) is 0 Å². The molecule has 0 bridgehead atoms. The summed E-state index contributed by atoms with van der Waals surface area (Å²) in [6.45, 7) is 0.320. The number of aliphatic hydroxyl groups is 2. The van der Waals surface area contributed by atoms with Crippen molar-refractivity contribution in [2.75, 3.05) is 25.1 Å². The number of anilines is 1. The SMILES string of the molecule is COc1ccc2nc(N3C[C@H](O)[C@@H](O)C3)c(C#N)c(-c3cccc(F)c3)c2c1. The van der Waals surface area contributed by atoms with Gasteiger partial charge in [-0.3, -0.25) is 0 Å². The van der Waals surface area contributed by atoms with E-state index in [2.05, 4.69) is 11.1 Å². The fraction of sp³-hybridized carbons (Fsp3) is 0.238. The number of halogens is 1. The summed E-state index contributed by atoms with van der Waals surface area (Å²) in [7, 11) is 1.54. The molecule has 1 aromatic heterocycles. The number of pyridine rings is 1. The zero-order chi connectivity index (χ0) is 19.8. The second-order valence-corrected chi connectivity index (χ2v) is 6.73. The van der Waals surface area contributed by atoms with E-state index in [4.69, 9.17) is 4.74 Å². The highest BCUT2D eigenvalue weighted by Crippen LogP contribution is 2.38. The summed E-state index contributed by atoms with van der Waals surface area (Å²) >= 11 is 0. The Morgan fingerprint density at radius 2 is 1.93 bits per heavy atom. The first-order valence-electron chi connectivity index (χ1n) is 8.80. The molecule has 3 aromatic rings. The highest BCUT2D eigenvalue weighted by atomic mass is 19.1. The predicted molar refractivity (Wildman–Crippen MR) is 103 cm³/mol. The number of benzene rings is 2. The molecule has 6 nitrogen and oxygen atoms in total. The molecular weight excluding hydrogens is 361 g/mol. The van der Waals surface area contributed by atoms with E-state index >= 15 is 0 Å². The summed E-state index contributed by atoms with van der Waals surface area (Å²) in [6.07, 6.45) is -1.84. The fourth-order valence-corrected chi connectivity index (χ4v) is 3.58. The standard InChI is InChI=1S/C21H18FN3O3/c1-28-14-5-6-17-15(8-14)20(12-3-2-4-13(22)7-12)16(9-23)21(24-17)25-10-18(26)19(27)11-25/h2-8,18-19,26-27H,10-11H2,1H3/t18-,19-/m0/s1. The van der Waals surface area contributed by atoms with Gasteiger partial charge >= 0.3 is 0 Å². The van der Waals surface area contributed by atoms with Crippen LogP contribution in [0.25, 0.3) is 22.0 Å². The van der Waals surface area contributed by atoms with E-state index < -0.39 is 18.0 Å². The Balaban J connectivity index is 2.04. The average Bonchev–Trinajstić information content (AvgIpc) is 3.04. The third-order valence-electron chi connectivity index (χ3n) is 4.96. The van der Waals surface area contributed by atoms with Crippen LogP contribution in [-0.4, -0.2) is 47.6 Å². The number of ether oxygens (including phenoxy) is 1. The molecule has 0 saturated carbocycles. The van der Waals surface area contributed by atoms with Crippen LogP contribution in [0.2, 0.25) is 0 Å². The molecule has 0 unspecified atom stereocenters. The quantitative estimate of drug-likeness (QED) is 0.727. The maximum atomic E-state index is 13.9. The van der Waals surface area contributed by atoms with Crippen molar-refractivity contribution >= 4 is 16.7 Å². The zero-order valence-electron chi connectivity index (χ0n) is 15.1. The Morgan fingerprint density at radius 3 is 2.57 bits per heavy atom. The lowest BCUT2D eigenvalue weighted by Crippen LogP contribution is -2.23. The molecule has 0 aliphatic carbocycles. The lowest BCUT2D eigenvalue weighted by atomic mass is 9.95. The summed E-state index contributed by atoms with van der Waals surface area (Å²) in [5, 5.41) is 30.5. The molecule has 1 aliphatic heterocycles. The lowest BCUT2D eigenvalue weighted by Gasteiger charge is -2.21. The summed E-state index contributed by atoms with van der Waals surface area (Å²) in [6, 6.07) is 13.5. The van der Waals surface area contributed by atoms with Crippen molar-refractivity contribution in [1.29, 1.82) is 5.26 Å². The van der Waals surface area contributed by atoms with Gasteiger partial charge in [-0.2, -0.15) is 5.26 Å². The number of aliphatic hydroxyl groups excluding tert-OH is 2. The first-order chi connectivity index (χ1) is 13.5. The Morgan fingerprint density at radius 1 is 1.18 bits per heavy atom. The van der Waals surface area contributed by atoms with Crippen LogP contribution in [0.4, 0.5) is 10.2 Å². The van der Waals surface area contributed by atoms with Crippen molar-refractivity contribution < 1.29 is 19.3 Å². The Labute approximate surface area is 161 Å². The third-order valence-corrected chi connectivity index (χ3v) is 4.96. The number of fused-ring (bicyclic) bond motifs is 1. The second kappa shape index (κ2) is 7.08. The van der Waals surface area contributed by atoms with Crippen LogP contribution in [0.3, 0.4) is 0 Å². The molecule has 1 fully saturated rings. The molecule has 7 heteroatoms. The fourth-order valence-electron chi connectivity index (χ4n) is 3.58. The highest BCUT2D eigenvalue weighted by molar-refractivity contribution is 6.00. The van der Waals surface area contributed by atoms with Crippen LogP contribution >= 0.6 is 0 Å². The smallest absolute Gasteiger partial charge is 0.148 e. The number of hydrogen-bond acceptors (Lipinski definition) is 6. The van der Waals surface area contributed by atoms with Gasteiger partial charge in [-0.1, -0.05) is 12.1 Å². The van der Waals surface area contributed by atoms with Crippen LogP contribution in [0, 0.1) is 17.1 Å². The van der Waals surface area contributed by atoms with Crippen LogP contribution < -0.4 is 9.64 Å². The number of nitrogens with zero attached hydrogens (tertiary/aromatic N) is 3. The van der Waals surface area contributed by atoms with Gasteiger partial charge in [-0.25, -0.2) is 9.37 Å². The van der Waals surface area contributed by atoms with Crippen LogP contribution in [0.1, 0.15) is 5.56 Å². The van der Waals surface area contributed by atoms with E-state index in [0.717, 1.165) is 0 Å². The van der Waals surface area contributed by atoms with E-state index in [1.807, 2.05) is 0 Å². The predicted octanol–water partition coefficient (Wildman–Crippen LogP) is 2.46. The molecule has 4 rings (SSSR count). The van der Waals surface area contributed by atoms with E-state index in [9.17, 15) is 19.9 Å². The van der Waals surface area contributed by atoms with Crippen LogP contribution in [0.15, 0.2) is 42.5 Å². The summed E-state index contributed by atoms with van der Waals surface area (Å²) < 4.78 is 19.2. The summed E-state index contributed by atoms with van der Waals surface area (Å²) in [5.41, 5.74) is 1.94. The van der Waals surface area contributed by atoms with Gasteiger partial charge in [0.1, 0.15) is 29.0 Å². The number of rotatable bonds is 3. The average molecular weight is 379 g/mol. The topological polar surface area (TPSA) is 89.6 Å². The maximum Gasteiger partial charge on any atom is 0.148 e. The number of methoxy groups -OCH3 is 1. The molecule has 142 valence electrons. The van der Waals surface area contributed by atoms with Crippen molar-refractivity contribution in [2.45, 2.75) is 12.2 Å². The molecule has 1 aliphatic rings. The number of hydrogen-bond donors (Lipinski definition) is 2. The Hall–Kier alpha value is -3.21. The summed E-state index contributed by atoms with van der Waals surface area (Å²) in [4.78, 5) is 6.29. The number of aromatic nitrogens is 1. The molecule has 2 aromatic carbocycles. The van der Waals surface area contributed by atoms with Gasteiger partial charge in [-0.15, -0.1) is 0 Å². The highest BCUT2D eigenvalue weighted by Gasteiger charge is 2.33. The van der Waals surface area contributed by atoms with E-state index in [1.165, 1.54) is 12.1 Å². The molecule has 0 spiro atoms. The molecule has 2 heterocycles. The molecule has 1 saturated heterocycles. The van der Waals surface area contributed by atoms with E-state index in [-0.39, 0.29) is 18.7 Å². The summed E-state index contributed by atoms with van der Waals surface area (Å²) in [5.74, 6) is 0.536. The minimum atomic E-state index is -0.919. The van der Waals surface area contributed by atoms with Gasteiger partial charge in [0.2, 0.25) is 0 Å². The Kier molecular flexibility index (Phi) is 4.59. The normalized spacial score (nSPS) is 19.0. The van der Waals surface area contributed by atoms with Gasteiger partial charge in [0, 0.05) is 24.0 Å². The van der Waals surface area contributed by atoms with E-state index in [0.29, 0.717) is 33.6 Å². The monoisotopic (exact) mass is 379 g/mol. The maximum absolute atomic E-state index is 13.9. The first kappa shape index (κ1) is 18.2. The minimum absolute atomic E-state index is 0.160. The van der Waals surface area contributed by atoms with Crippen molar-refractivity contribution in [3.8, 4) is 22.9 Å². The molecule has 0 radical (unpaired) electrons. The number of nitriles is 1. The Bertz CT molecular complexity index is 1090. The lowest BCUT2D eigenvalue weighted by molar-refractivity contribution is 0.0572. The van der Waals surface area contributed by atoms with Gasteiger partial charge in [0.25, 0.3) is 0 Å².